The zero-order chi connectivity index (χ0) is 22.6. The Balaban J connectivity index is 1.17. The van der Waals surface area contributed by atoms with Gasteiger partial charge in [-0.2, -0.15) is 0 Å². The van der Waals surface area contributed by atoms with Crippen LogP contribution in [0.25, 0.3) is 0 Å². The Morgan fingerprint density at radius 3 is 2.64 bits per heavy atom. The van der Waals surface area contributed by atoms with Crippen LogP contribution in [0, 0.1) is 0 Å². The van der Waals surface area contributed by atoms with Crippen molar-refractivity contribution in [3.63, 3.8) is 0 Å². The van der Waals surface area contributed by atoms with E-state index in [2.05, 4.69) is 39.8 Å². The van der Waals surface area contributed by atoms with E-state index >= 15 is 0 Å². The highest BCUT2D eigenvalue weighted by atomic mass is 16.2. The quantitative estimate of drug-likeness (QED) is 0.711. The average Bonchev–Trinajstić information content (AvgIpc) is 3.35. The van der Waals surface area contributed by atoms with Gasteiger partial charge in [0.25, 0.3) is 5.91 Å². The number of carbonyl (C=O) groups is 3. The molecular formula is C26H28N4O3. The van der Waals surface area contributed by atoms with Gasteiger partial charge in [0, 0.05) is 42.7 Å². The Morgan fingerprint density at radius 2 is 1.82 bits per heavy atom. The van der Waals surface area contributed by atoms with Crippen molar-refractivity contribution in [2.45, 2.75) is 50.2 Å². The predicted octanol–water partition coefficient (Wildman–Crippen LogP) is 2.41. The Morgan fingerprint density at radius 1 is 1.00 bits per heavy atom. The van der Waals surface area contributed by atoms with E-state index < -0.39 is 6.04 Å². The minimum atomic E-state index is -0.569. The smallest absolute Gasteiger partial charge is 0.255 e. The molecule has 4 aliphatic heterocycles. The second kappa shape index (κ2) is 7.70. The van der Waals surface area contributed by atoms with Crippen LogP contribution < -0.4 is 10.6 Å². The van der Waals surface area contributed by atoms with Gasteiger partial charge < -0.3 is 10.2 Å². The first-order valence-electron chi connectivity index (χ1n) is 11.9. The maximum Gasteiger partial charge on any atom is 0.255 e. The molecule has 0 bridgehead atoms. The summed E-state index contributed by atoms with van der Waals surface area (Å²) in [6, 6.07) is 14.1. The Hall–Kier alpha value is -3.19. The average molecular weight is 445 g/mol. The molecular weight excluding hydrogens is 416 g/mol. The van der Waals surface area contributed by atoms with Gasteiger partial charge in [-0.1, -0.05) is 36.4 Å². The summed E-state index contributed by atoms with van der Waals surface area (Å²) in [7, 11) is 0. The number of fused-ring (bicyclic) bond motifs is 3. The Bertz CT molecular complexity index is 1150. The number of piperidine rings is 2. The van der Waals surface area contributed by atoms with E-state index in [1.807, 2.05) is 18.2 Å². The van der Waals surface area contributed by atoms with Gasteiger partial charge >= 0.3 is 0 Å². The topological polar surface area (TPSA) is 81.8 Å². The number of amides is 3. The standard InChI is InChI=1S/C26H28N4O3/c31-22-9-8-21(24(32)28-22)30-15-18-5-3-4-17(23(18)25(30)33)14-29-12-10-26(11-13-29)16-27-20-7-2-1-6-19(20)26/h1-7,21,27H,8-16H2,(H,28,31,32). The molecule has 2 aromatic rings. The third-order valence-electron chi connectivity index (χ3n) is 7.96. The van der Waals surface area contributed by atoms with Crippen LogP contribution in [-0.4, -0.2) is 53.2 Å². The van der Waals surface area contributed by atoms with Crippen LogP contribution in [0.15, 0.2) is 42.5 Å². The lowest BCUT2D eigenvalue weighted by atomic mass is 9.74. The maximum absolute atomic E-state index is 13.4. The summed E-state index contributed by atoms with van der Waals surface area (Å²) in [5.74, 6) is -0.706. The molecule has 3 amide bonds. The van der Waals surface area contributed by atoms with Crippen LogP contribution in [0.5, 0.6) is 0 Å². The molecule has 2 saturated heterocycles. The summed E-state index contributed by atoms with van der Waals surface area (Å²) >= 11 is 0. The molecule has 2 N–H and O–H groups in total. The molecule has 0 aromatic heterocycles. The van der Waals surface area contributed by atoms with Crippen molar-refractivity contribution in [3.05, 3.63) is 64.7 Å². The van der Waals surface area contributed by atoms with E-state index in [1.54, 1.807) is 4.90 Å². The number of likely N-dealkylation sites (tertiary alicyclic amines) is 1. The van der Waals surface area contributed by atoms with Crippen LogP contribution in [-0.2, 0) is 28.1 Å². The highest BCUT2D eigenvalue weighted by molar-refractivity contribution is 6.06. The molecule has 7 heteroatoms. The fraction of sp³-hybridized carbons (Fsp3) is 0.423. The van der Waals surface area contributed by atoms with Crippen molar-refractivity contribution in [2.24, 2.45) is 0 Å². The maximum atomic E-state index is 13.4. The van der Waals surface area contributed by atoms with Crippen LogP contribution in [0.2, 0.25) is 0 Å². The number of anilines is 1. The summed E-state index contributed by atoms with van der Waals surface area (Å²) < 4.78 is 0. The summed E-state index contributed by atoms with van der Waals surface area (Å²) in [6.07, 6.45) is 2.87. The summed E-state index contributed by atoms with van der Waals surface area (Å²) in [5, 5.41) is 5.96. The number of para-hydroxylation sites is 1. The number of hydrogen-bond acceptors (Lipinski definition) is 5. The minimum absolute atomic E-state index is 0.0856. The van der Waals surface area contributed by atoms with Crippen LogP contribution in [0.1, 0.15) is 52.7 Å². The predicted molar refractivity (Wildman–Crippen MR) is 124 cm³/mol. The second-order valence-electron chi connectivity index (χ2n) is 9.81. The van der Waals surface area contributed by atoms with E-state index in [0.717, 1.165) is 55.7 Å². The molecule has 0 radical (unpaired) electrons. The number of hydrogen-bond donors (Lipinski definition) is 2. The molecule has 6 rings (SSSR count). The van der Waals surface area contributed by atoms with Gasteiger partial charge in [-0.25, -0.2) is 0 Å². The molecule has 2 fully saturated rings. The second-order valence-corrected chi connectivity index (χ2v) is 9.81. The van der Waals surface area contributed by atoms with Gasteiger partial charge in [-0.15, -0.1) is 0 Å². The van der Waals surface area contributed by atoms with Gasteiger partial charge in [0.15, 0.2) is 0 Å². The molecule has 170 valence electrons. The fourth-order valence-electron chi connectivity index (χ4n) is 6.11. The fourth-order valence-corrected chi connectivity index (χ4v) is 6.11. The van der Waals surface area contributed by atoms with Gasteiger partial charge in [0.05, 0.1) is 0 Å². The zero-order valence-electron chi connectivity index (χ0n) is 18.6. The molecule has 7 nitrogen and oxygen atoms in total. The molecule has 4 heterocycles. The first-order valence-corrected chi connectivity index (χ1v) is 11.9. The van der Waals surface area contributed by atoms with Crippen LogP contribution in [0.4, 0.5) is 5.69 Å². The molecule has 2 aromatic carbocycles. The SMILES string of the molecule is O=C1CCC(N2Cc3cccc(CN4CCC5(CC4)CNc4ccccc45)c3C2=O)C(=O)N1. The highest BCUT2D eigenvalue weighted by Crippen LogP contribution is 2.44. The number of benzene rings is 2. The third kappa shape index (κ3) is 3.33. The molecule has 1 spiro atoms. The zero-order valence-corrected chi connectivity index (χ0v) is 18.6. The summed E-state index contributed by atoms with van der Waals surface area (Å²) in [6.45, 7) is 4.15. The first kappa shape index (κ1) is 20.4. The highest BCUT2D eigenvalue weighted by Gasteiger charge is 2.42. The molecule has 0 saturated carbocycles. The van der Waals surface area contributed by atoms with E-state index in [4.69, 9.17) is 0 Å². The minimum Gasteiger partial charge on any atom is -0.384 e. The van der Waals surface area contributed by atoms with E-state index in [1.165, 1.54) is 11.3 Å². The van der Waals surface area contributed by atoms with E-state index in [-0.39, 0.29) is 29.6 Å². The molecule has 1 atom stereocenters. The van der Waals surface area contributed by atoms with Gasteiger partial charge in [-0.3, -0.25) is 24.6 Å². The lowest BCUT2D eigenvalue weighted by Crippen LogP contribution is -2.52. The number of carbonyl (C=O) groups excluding carboxylic acids is 3. The van der Waals surface area contributed by atoms with Crippen molar-refractivity contribution in [1.29, 1.82) is 0 Å². The summed E-state index contributed by atoms with van der Waals surface area (Å²) in [4.78, 5) is 41.3. The first-order chi connectivity index (χ1) is 16.0. The summed E-state index contributed by atoms with van der Waals surface area (Å²) in [5.41, 5.74) is 5.68. The van der Waals surface area contributed by atoms with Gasteiger partial charge in [-0.05, 0) is 55.1 Å². The number of nitrogens with one attached hydrogen (secondary N) is 2. The van der Waals surface area contributed by atoms with E-state index in [9.17, 15) is 14.4 Å². The normalized spacial score (nSPS) is 23.9. The Kier molecular flexibility index (Phi) is 4.76. The number of imide groups is 1. The van der Waals surface area contributed by atoms with Crippen LogP contribution in [0.3, 0.4) is 0 Å². The largest absolute Gasteiger partial charge is 0.384 e. The van der Waals surface area contributed by atoms with Crippen molar-refractivity contribution in [2.75, 3.05) is 25.0 Å². The number of nitrogens with zero attached hydrogens (tertiary/aromatic N) is 2. The lowest BCUT2D eigenvalue weighted by Gasteiger charge is -2.39. The Labute approximate surface area is 193 Å². The van der Waals surface area contributed by atoms with Crippen molar-refractivity contribution < 1.29 is 14.4 Å². The molecule has 33 heavy (non-hydrogen) atoms. The third-order valence-corrected chi connectivity index (χ3v) is 7.96. The van der Waals surface area contributed by atoms with Crippen molar-refractivity contribution in [1.82, 2.24) is 15.1 Å². The molecule has 1 unspecified atom stereocenters. The van der Waals surface area contributed by atoms with Crippen molar-refractivity contribution in [3.8, 4) is 0 Å². The molecule has 0 aliphatic carbocycles. The monoisotopic (exact) mass is 444 g/mol. The number of rotatable bonds is 3. The van der Waals surface area contributed by atoms with Crippen LogP contribution >= 0.6 is 0 Å². The van der Waals surface area contributed by atoms with E-state index in [0.29, 0.717) is 13.0 Å². The van der Waals surface area contributed by atoms with Crippen molar-refractivity contribution >= 4 is 23.4 Å². The van der Waals surface area contributed by atoms with Gasteiger partial charge in [0.2, 0.25) is 11.8 Å². The molecule has 4 aliphatic rings. The lowest BCUT2D eigenvalue weighted by molar-refractivity contribution is -0.136. The van der Waals surface area contributed by atoms with Gasteiger partial charge in [0.1, 0.15) is 6.04 Å².